The Morgan fingerprint density at radius 2 is 2.20 bits per heavy atom. The molecule has 4 nitrogen and oxygen atoms in total. The van der Waals surface area contributed by atoms with E-state index in [4.69, 9.17) is 0 Å². The van der Waals surface area contributed by atoms with Crippen molar-refractivity contribution in [3.8, 4) is 0 Å². The first kappa shape index (κ1) is 15.5. The molecule has 1 heterocycles. The first-order chi connectivity index (χ1) is 9.70. The molecule has 1 unspecified atom stereocenters. The van der Waals surface area contributed by atoms with Gasteiger partial charge in [0.1, 0.15) is 5.82 Å². The predicted octanol–water partition coefficient (Wildman–Crippen LogP) is 2.41. The summed E-state index contributed by atoms with van der Waals surface area (Å²) in [6, 6.07) is 0.641. The SMILES string of the molecule is CCCNC(CN(C)Cc1nccn1C)C1CCCC1. The van der Waals surface area contributed by atoms with Gasteiger partial charge in [-0.1, -0.05) is 19.8 Å². The summed E-state index contributed by atoms with van der Waals surface area (Å²) >= 11 is 0. The lowest BCUT2D eigenvalue weighted by molar-refractivity contribution is 0.230. The zero-order valence-corrected chi connectivity index (χ0v) is 13.3. The topological polar surface area (TPSA) is 33.1 Å². The van der Waals surface area contributed by atoms with E-state index >= 15 is 0 Å². The van der Waals surface area contributed by atoms with Crippen molar-refractivity contribution in [3.05, 3.63) is 18.2 Å². The lowest BCUT2D eigenvalue weighted by Crippen LogP contribution is -2.44. The summed E-state index contributed by atoms with van der Waals surface area (Å²) in [5.41, 5.74) is 0. The summed E-state index contributed by atoms with van der Waals surface area (Å²) in [4.78, 5) is 6.83. The highest BCUT2D eigenvalue weighted by Crippen LogP contribution is 2.28. The molecule has 0 aliphatic heterocycles. The fourth-order valence-corrected chi connectivity index (χ4v) is 3.26. The van der Waals surface area contributed by atoms with Gasteiger partial charge in [0, 0.05) is 32.0 Å². The molecule has 1 aliphatic carbocycles. The minimum Gasteiger partial charge on any atom is -0.337 e. The minimum absolute atomic E-state index is 0.641. The van der Waals surface area contributed by atoms with Crippen LogP contribution >= 0.6 is 0 Å². The van der Waals surface area contributed by atoms with E-state index in [2.05, 4.69) is 40.8 Å². The highest BCUT2D eigenvalue weighted by Gasteiger charge is 2.25. The van der Waals surface area contributed by atoms with E-state index in [1.165, 1.54) is 32.1 Å². The first-order valence-corrected chi connectivity index (χ1v) is 8.08. The Bertz CT molecular complexity index is 382. The summed E-state index contributed by atoms with van der Waals surface area (Å²) in [7, 11) is 4.28. The van der Waals surface area contributed by atoms with Crippen LogP contribution in [-0.2, 0) is 13.6 Å². The number of likely N-dealkylation sites (N-methyl/N-ethyl adjacent to an activating group) is 1. The molecule has 0 spiro atoms. The third kappa shape index (κ3) is 4.32. The van der Waals surface area contributed by atoms with Crippen molar-refractivity contribution >= 4 is 0 Å². The van der Waals surface area contributed by atoms with Crippen molar-refractivity contribution < 1.29 is 0 Å². The van der Waals surface area contributed by atoms with Crippen molar-refractivity contribution in [3.63, 3.8) is 0 Å². The summed E-state index contributed by atoms with van der Waals surface area (Å²) < 4.78 is 2.11. The second-order valence-electron chi connectivity index (χ2n) is 6.26. The molecule has 0 saturated heterocycles. The maximum absolute atomic E-state index is 4.42. The molecule has 1 aromatic rings. The molecule has 4 heteroatoms. The van der Waals surface area contributed by atoms with E-state index in [1.54, 1.807) is 0 Å². The van der Waals surface area contributed by atoms with Crippen molar-refractivity contribution in [1.29, 1.82) is 0 Å². The summed E-state index contributed by atoms with van der Waals surface area (Å²) in [6.07, 6.45) is 10.7. The first-order valence-electron chi connectivity index (χ1n) is 8.08. The van der Waals surface area contributed by atoms with Crippen LogP contribution in [0.15, 0.2) is 12.4 Å². The van der Waals surface area contributed by atoms with Gasteiger partial charge in [0.25, 0.3) is 0 Å². The average Bonchev–Trinajstić information content (AvgIpc) is 3.07. The second-order valence-corrected chi connectivity index (χ2v) is 6.26. The average molecular weight is 278 g/mol. The van der Waals surface area contributed by atoms with Crippen LogP contribution in [0.3, 0.4) is 0 Å². The monoisotopic (exact) mass is 278 g/mol. The third-order valence-electron chi connectivity index (χ3n) is 4.47. The quantitative estimate of drug-likeness (QED) is 0.793. The van der Waals surface area contributed by atoms with Gasteiger partial charge >= 0.3 is 0 Å². The van der Waals surface area contributed by atoms with Crippen molar-refractivity contribution in [2.24, 2.45) is 13.0 Å². The molecule has 1 atom stereocenters. The van der Waals surface area contributed by atoms with Crippen LogP contribution in [0, 0.1) is 5.92 Å². The predicted molar refractivity (Wildman–Crippen MR) is 83.6 cm³/mol. The van der Waals surface area contributed by atoms with Crippen LogP contribution in [0.2, 0.25) is 0 Å². The molecule has 114 valence electrons. The van der Waals surface area contributed by atoms with Gasteiger partial charge in [-0.25, -0.2) is 4.98 Å². The highest BCUT2D eigenvalue weighted by atomic mass is 15.2. The molecular weight excluding hydrogens is 248 g/mol. The van der Waals surface area contributed by atoms with Gasteiger partial charge in [-0.05, 0) is 38.8 Å². The standard InChI is InChI=1S/C16H30N4/c1-4-9-17-15(14-7-5-6-8-14)12-19(2)13-16-18-10-11-20(16)3/h10-11,14-15,17H,4-9,12-13H2,1-3H3. The Balaban J connectivity index is 1.87. The van der Waals surface area contributed by atoms with E-state index in [-0.39, 0.29) is 0 Å². The Labute approximate surface area is 123 Å². The molecule has 0 aromatic carbocycles. The van der Waals surface area contributed by atoms with Gasteiger partial charge in [-0.2, -0.15) is 0 Å². The van der Waals surface area contributed by atoms with Gasteiger partial charge in [0.05, 0.1) is 6.54 Å². The van der Waals surface area contributed by atoms with E-state index in [0.29, 0.717) is 6.04 Å². The van der Waals surface area contributed by atoms with Gasteiger partial charge < -0.3 is 9.88 Å². The van der Waals surface area contributed by atoms with Crippen LogP contribution in [-0.4, -0.2) is 40.6 Å². The molecular formula is C16H30N4. The van der Waals surface area contributed by atoms with E-state index in [9.17, 15) is 0 Å². The van der Waals surface area contributed by atoms with Gasteiger partial charge in [-0.3, -0.25) is 4.90 Å². The summed E-state index contributed by atoms with van der Waals surface area (Å²) in [5, 5.41) is 3.77. The normalized spacial score (nSPS) is 18.0. The molecule has 2 rings (SSSR count). The maximum atomic E-state index is 4.42. The van der Waals surface area contributed by atoms with E-state index in [1.807, 2.05) is 12.4 Å². The van der Waals surface area contributed by atoms with E-state index < -0.39 is 0 Å². The number of hydrogen-bond donors (Lipinski definition) is 1. The minimum atomic E-state index is 0.641. The van der Waals surface area contributed by atoms with Crippen LogP contribution in [0.1, 0.15) is 44.9 Å². The Hall–Kier alpha value is -0.870. The fraction of sp³-hybridized carbons (Fsp3) is 0.812. The molecule has 1 fully saturated rings. The Kier molecular flexibility index (Phi) is 6.05. The van der Waals surface area contributed by atoms with Crippen LogP contribution in [0.5, 0.6) is 0 Å². The zero-order chi connectivity index (χ0) is 14.4. The molecule has 0 amide bonds. The lowest BCUT2D eigenvalue weighted by Gasteiger charge is -2.29. The number of aromatic nitrogens is 2. The molecule has 0 radical (unpaired) electrons. The fourth-order valence-electron chi connectivity index (χ4n) is 3.26. The summed E-state index contributed by atoms with van der Waals surface area (Å²) in [5.74, 6) is 2.01. The Morgan fingerprint density at radius 3 is 2.80 bits per heavy atom. The zero-order valence-electron chi connectivity index (χ0n) is 13.3. The van der Waals surface area contributed by atoms with Crippen LogP contribution < -0.4 is 5.32 Å². The number of rotatable bonds is 8. The van der Waals surface area contributed by atoms with Crippen molar-refractivity contribution in [1.82, 2.24) is 19.8 Å². The van der Waals surface area contributed by atoms with Crippen LogP contribution in [0.4, 0.5) is 0 Å². The van der Waals surface area contributed by atoms with Crippen molar-refractivity contribution in [2.75, 3.05) is 20.1 Å². The molecule has 1 aromatic heterocycles. The molecule has 1 aliphatic rings. The van der Waals surface area contributed by atoms with Crippen molar-refractivity contribution in [2.45, 2.75) is 51.6 Å². The second kappa shape index (κ2) is 7.79. The molecule has 1 saturated carbocycles. The molecule has 1 N–H and O–H groups in total. The number of imidazole rings is 1. The number of hydrogen-bond acceptors (Lipinski definition) is 3. The highest BCUT2D eigenvalue weighted by molar-refractivity contribution is 4.91. The van der Waals surface area contributed by atoms with Gasteiger partial charge in [0.15, 0.2) is 0 Å². The number of nitrogens with zero attached hydrogens (tertiary/aromatic N) is 3. The maximum Gasteiger partial charge on any atom is 0.122 e. The summed E-state index contributed by atoms with van der Waals surface area (Å²) in [6.45, 7) is 5.44. The van der Waals surface area contributed by atoms with Gasteiger partial charge in [-0.15, -0.1) is 0 Å². The third-order valence-corrected chi connectivity index (χ3v) is 4.47. The smallest absolute Gasteiger partial charge is 0.122 e. The molecule has 20 heavy (non-hydrogen) atoms. The number of aryl methyl sites for hydroxylation is 1. The number of nitrogens with one attached hydrogen (secondary N) is 1. The largest absolute Gasteiger partial charge is 0.337 e. The Morgan fingerprint density at radius 1 is 1.45 bits per heavy atom. The van der Waals surface area contributed by atoms with Crippen LogP contribution in [0.25, 0.3) is 0 Å². The molecule has 0 bridgehead atoms. The lowest BCUT2D eigenvalue weighted by atomic mass is 9.97. The van der Waals surface area contributed by atoms with Gasteiger partial charge in [0.2, 0.25) is 0 Å². The van der Waals surface area contributed by atoms with E-state index in [0.717, 1.165) is 31.4 Å².